The molecule has 8 heteroatoms. The van der Waals surface area contributed by atoms with E-state index in [4.69, 9.17) is 0 Å². The summed E-state index contributed by atoms with van der Waals surface area (Å²) in [5.74, 6) is -1.41. The third-order valence-electron chi connectivity index (χ3n) is 3.38. The van der Waals surface area contributed by atoms with Gasteiger partial charge in [-0.15, -0.1) is 11.8 Å². The Kier molecular flexibility index (Phi) is 6.74. The predicted molar refractivity (Wildman–Crippen MR) is 97.2 cm³/mol. The highest BCUT2D eigenvalue weighted by Crippen LogP contribution is 2.22. The highest BCUT2D eigenvalue weighted by molar-refractivity contribution is 8.00. The first-order valence-electron chi connectivity index (χ1n) is 7.66. The minimum Gasteiger partial charge on any atom is -0.348 e. The van der Waals surface area contributed by atoms with Crippen molar-refractivity contribution in [1.29, 1.82) is 0 Å². The number of nitrogens with zero attached hydrogens (tertiary/aromatic N) is 1. The molecule has 0 spiro atoms. The number of carbonyl (C=O) groups excluding carboxylic acids is 3. The Morgan fingerprint density at radius 1 is 0.962 bits per heavy atom. The zero-order valence-corrected chi connectivity index (χ0v) is 15.1. The van der Waals surface area contributed by atoms with E-state index in [2.05, 4.69) is 10.9 Å². The summed E-state index contributed by atoms with van der Waals surface area (Å²) >= 11 is 1.24. The summed E-state index contributed by atoms with van der Waals surface area (Å²) < 4.78 is 12.9. The van der Waals surface area contributed by atoms with Gasteiger partial charge in [0.05, 0.1) is 11.3 Å². The molecule has 3 amide bonds. The van der Waals surface area contributed by atoms with Crippen LogP contribution in [0.5, 0.6) is 0 Å². The third-order valence-corrected chi connectivity index (χ3v) is 4.44. The Morgan fingerprint density at radius 3 is 2.23 bits per heavy atom. The second-order valence-corrected chi connectivity index (χ2v) is 6.51. The lowest BCUT2D eigenvalue weighted by Crippen LogP contribution is -2.41. The zero-order valence-electron chi connectivity index (χ0n) is 14.3. The van der Waals surface area contributed by atoms with Crippen LogP contribution >= 0.6 is 11.8 Å². The monoisotopic (exact) mass is 375 g/mol. The summed E-state index contributed by atoms with van der Waals surface area (Å²) in [7, 11) is 3.32. The van der Waals surface area contributed by atoms with E-state index < -0.39 is 17.6 Å². The highest BCUT2D eigenvalue weighted by Gasteiger charge is 2.14. The van der Waals surface area contributed by atoms with Gasteiger partial charge in [0, 0.05) is 24.6 Å². The van der Waals surface area contributed by atoms with Crippen LogP contribution in [0.4, 0.5) is 4.39 Å². The van der Waals surface area contributed by atoms with Crippen molar-refractivity contribution in [3.8, 4) is 0 Å². The van der Waals surface area contributed by atoms with Crippen LogP contribution in [0.25, 0.3) is 0 Å². The number of hydrogen-bond donors (Lipinski definition) is 2. The molecule has 2 aromatic carbocycles. The number of hydrazine groups is 1. The van der Waals surface area contributed by atoms with E-state index in [1.807, 2.05) is 0 Å². The Balaban J connectivity index is 1.99. The van der Waals surface area contributed by atoms with Crippen LogP contribution < -0.4 is 10.9 Å². The molecule has 6 nitrogen and oxygen atoms in total. The van der Waals surface area contributed by atoms with E-state index in [0.717, 1.165) is 12.1 Å². The van der Waals surface area contributed by atoms with Gasteiger partial charge in [-0.3, -0.25) is 25.2 Å². The van der Waals surface area contributed by atoms with Crippen molar-refractivity contribution >= 4 is 29.5 Å². The number of thioether (sulfide) groups is 1. The molecule has 0 heterocycles. The third kappa shape index (κ3) is 5.32. The normalized spacial score (nSPS) is 10.1. The largest absolute Gasteiger partial charge is 0.348 e. The van der Waals surface area contributed by atoms with Gasteiger partial charge >= 0.3 is 0 Å². The van der Waals surface area contributed by atoms with Crippen molar-refractivity contribution in [2.24, 2.45) is 0 Å². The molecular formula is C18H18FN3O3S. The molecule has 26 heavy (non-hydrogen) atoms. The average molecular weight is 375 g/mol. The molecule has 0 aliphatic heterocycles. The Labute approximate surface area is 154 Å². The number of benzene rings is 2. The SMILES string of the molecule is CN(C)C(=O)CSc1ccccc1C(=O)NNC(=O)c1ccc(F)cc1. The molecule has 0 fully saturated rings. The van der Waals surface area contributed by atoms with E-state index in [1.165, 1.54) is 28.8 Å². The molecule has 0 aliphatic rings. The first kappa shape index (κ1) is 19.5. The lowest BCUT2D eigenvalue weighted by molar-refractivity contribution is -0.125. The number of halogens is 1. The molecule has 0 unspecified atom stereocenters. The van der Waals surface area contributed by atoms with E-state index in [-0.39, 0.29) is 17.2 Å². The van der Waals surface area contributed by atoms with Gasteiger partial charge in [-0.1, -0.05) is 12.1 Å². The maximum absolute atomic E-state index is 12.9. The topological polar surface area (TPSA) is 78.5 Å². The van der Waals surface area contributed by atoms with Crippen molar-refractivity contribution < 1.29 is 18.8 Å². The number of amides is 3. The second kappa shape index (κ2) is 9.00. The molecule has 2 N–H and O–H groups in total. The molecular weight excluding hydrogens is 357 g/mol. The summed E-state index contributed by atoms with van der Waals surface area (Å²) in [5.41, 5.74) is 5.15. The summed E-state index contributed by atoms with van der Waals surface area (Å²) in [6, 6.07) is 11.7. The van der Waals surface area contributed by atoms with Gasteiger partial charge in [-0.25, -0.2) is 4.39 Å². The molecule has 0 radical (unpaired) electrons. The molecule has 0 bridgehead atoms. The summed E-state index contributed by atoms with van der Waals surface area (Å²) in [5, 5.41) is 0. The second-order valence-electron chi connectivity index (χ2n) is 5.49. The minimum atomic E-state index is -0.564. The van der Waals surface area contributed by atoms with Crippen LogP contribution in [0.15, 0.2) is 53.4 Å². The summed E-state index contributed by atoms with van der Waals surface area (Å²) in [6.07, 6.45) is 0. The maximum atomic E-state index is 12.9. The van der Waals surface area contributed by atoms with Gasteiger partial charge in [0.1, 0.15) is 5.82 Å². The van der Waals surface area contributed by atoms with Gasteiger partial charge in [0.2, 0.25) is 5.91 Å². The smallest absolute Gasteiger partial charge is 0.270 e. The summed E-state index contributed by atoms with van der Waals surface area (Å²) in [4.78, 5) is 38.1. The first-order chi connectivity index (χ1) is 12.4. The quantitative estimate of drug-likeness (QED) is 0.620. The van der Waals surface area contributed by atoms with Crippen LogP contribution in [-0.2, 0) is 4.79 Å². The van der Waals surface area contributed by atoms with Gasteiger partial charge in [0.25, 0.3) is 11.8 Å². The van der Waals surface area contributed by atoms with E-state index in [1.54, 1.807) is 38.4 Å². The summed E-state index contributed by atoms with van der Waals surface area (Å²) in [6.45, 7) is 0. The number of nitrogens with one attached hydrogen (secondary N) is 2. The standard InChI is InChI=1S/C18H18FN3O3S/c1-22(2)16(23)11-26-15-6-4-3-5-14(15)18(25)21-20-17(24)12-7-9-13(19)10-8-12/h3-10H,11H2,1-2H3,(H,20,24)(H,21,25). The van der Waals surface area contributed by atoms with Gasteiger partial charge in [-0.2, -0.15) is 0 Å². The molecule has 136 valence electrons. The van der Waals surface area contributed by atoms with Crippen molar-refractivity contribution in [1.82, 2.24) is 15.8 Å². The highest BCUT2D eigenvalue weighted by atomic mass is 32.2. The van der Waals surface area contributed by atoms with Crippen LogP contribution in [0.2, 0.25) is 0 Å². The van der Waals surface area contributed by atoms with E-state index >= 15 is 0 Å². The molecule has 0 aromatic heterocycles. The van der Waals surface area contributed by atoms with Crippen molar-refractivity contribution in [2.75, 3.05) is 19.8 Å². The Bertz CT molecular complexity index is 810. The molecule has 0 saturated heterocycles. The van der Waals surface area contributed by atoms with Gasteiger partial charge in [0.15, 0.2) is 0 Å². The van der Waals surface area contributed by atoms with Gasteiger partial charge < -0.3 is 4.90 Å². The zero-order chi connectivity index (χ0) is 19.1. The van der Waals surface area contributed by atoms with Crippen molar-refractivity contribution in [3.05, 3.63) is 65.5 Å². The fraction of sp³-hybridized carbons (Fsp3) is 0.167. The van der Waals surface area contributed by atoms with Crippen molar-refractivity contribution in [3.63, 3.8) is 0 Å². The minimum absolute atomic E-state index is 0.0742. The Morgan fingerprint density at radius 2 is 1.58 bits per heavy atom. The first-order valence-corrected chi connectivity index (χ1v) is 8.65. The van der Waals surface area contributed by atoms with Crippen molar-refractivity contribution in [2.45, 2.75) is 4.90 Å². The van der Waals surface area contributed by atoms with Crippen LogP contribution in [0.1, 0.15) is 20.7 Å². The number of hydrogen-bond acceptors (Lipinski definition) is 4. The maximum Gasteiger partial charge on any atom is 0.270 e. The number of carbonyl (C=O) groups is 3. The van der Waals surface area contributed by atoms with E-state index in [0.29, 0.717) is 10.5 Å². The van der Waals surface area contributed by atoms with Crippen LogP contribution in [0.3, 0.4) is 0 Å². The average Bonchev–Trinajstić information content (AvgIpc) is 2.64. The molecule has 2 aromatic rings. The van der Waals surface area contributed by atoms with Crippen LogP contribution in [-0.4, -0.2) is 42.5 Å². The molecule has 0 atom stereocenters. The Hall–Kier alpha value is -2.87. The van der Waals surface area contributed by atoms with Gasteiger partial charge in [-0.05, 0) is 36.4 Å². The fourth-order valence-electron chi connectivity index (χ4n) is 1.90. The molecule has 2 rings (SSSR count). The van der Waals surface area contributed by atoms with E-state index in [9.17, 15) is 18.8 Å². The van der Waals surface area contributed by atoms with Crippen LogP contribution in [0, 0.1) is 5.82 Å². The predicted octanol–water partition coefficient (Wildman–Crippen LogP) is 2.08. The number of rotatable bonds is 5. The molecule has 0 aliphatic carbocycles. The lowest BCUT2D eigenvalue weighted by atomic mass is 10.2. The molecule has 0 saturated carbocycles. The lowest BCUT2D eigenvalue weighted by Gasteiger charge is -2.12. The fourth-order valence-corrected chi connectivity index (χ4v) is 2.93.